The zero-order valence-corrected chi connectivity index (χ0v) is 13.6. The van der Waals surface area contributed by atoms with Crippen LogP contribution in [0.4, 0.5) is 0 Å². The van der Waals surface area contributed by atoms with E-state index in [-0.39, 0.29) is 36.9 Å². The van der Waals surface area contributed by atoms with E-state index in [1.165, 1.54) is 5.56 Å². The Balaban J connectivity index is 0.00000192. The van der Waals surface area contributed by atoms with Crippen molar-refractivity contribution in [1.29, 1.82) is 0 Å². The Hall–Kier alpha value is -2.04. The van der Waals surface area contributed by atoms with E-state index in [9.17, 15) is 4.79 Å². The minimum atomic E-state index is -0.0249. The van der Waals surface area contributed by atoms with Gasteiger partial charge in [0.15, 0.2) is 6.61 Å². The quantitative estimate of drug-likeness (QED) is 0.935. The predicted molar refractivity (Wildman–Crippen MR) is 92.9 cm³/mol. The van der Waals surface area contributed by atoms with Crippen molar-refractivity contribution in [2.75, 3.05) is 19.7 Å². The Labute approximate surface area is 142 Å². The van der Waals surface area contributed by atoms with Gasteiger partial charge in [-0.2, -0.15) is 0 Å². The van der Waals surface area contributed by atoms with Crippen LogP contribution in [0.2, 0.25) is 0 Å². The minimum absolute atomic E-state index is 0. The highest BCUT2D eigenvalue weighted by Crippen LogP contribution is 2.26. The van der Waals surface area contributed by atoms with Crippen LogP contribution in [-0.2, 0) is 4.79 Å². The fraction of sp³-hybridized carbons (Fsp3) is 0.278. The second kappa shape index (κ2) is 7.99. The Kier molecular flexibility index (Phi) is 6.02. The van der Waals surface area contributed by atoms with Gasteiger partial charge >= 0.3 is 0 Å². The highest BCUT2D eigenvalue weighted by atomic mass is 35.5. The maximum absolute atomic E-state index is 12.3. The van der Waals surface area contributed by atoms with Crippen LogP contribution in [0.3, 0.4) is 0 Å². The summed E-state index contributed by atoms with van der Waals surface area (Å²) in [5.74, 6) is 0.888. The second-order valence-electron chi connectivity index (χ2n) is 5.58. The molecule has 3 rings (SSSR count). The molecule has 23 heavy (non-hydrogen) atoms. The molecule has 1 amide bonds. The summed E-state index contributed by atoms with van der Waals surface area (Å²) < 4.78 is 5.52. The molecule has 2 aromatic rings. The highest BCUT2D eigenvalue weighted by molar-refractivity contribution is 5.85. The molecule has 122 valence electrons. The van der Waals surface area contributed by atoms with Gasteiger partial charge in [-0.15, -0.1) is 12.4 Å². The molecule has 0 aromatic heterocycles. The Morgan fingerprint density at radius 2 is 1.65 bits per heavy atom. The average molecular weight is 333 g/mol. The average Bonchev–Trinajstić information content (AvgIpc) is 2.96. The van der Waals surface area contributed by atoms with Gasteiger partial charge in [0, 0.05) is 25.0 Å². The zero-order valence-electron chi connectivity index (χ0n) is 12.8. The molecule has 2 N–H and O–H groups in total. The number of nitrogens with zero attached hydrogens (tertiary/aromatic N) is 1. The van der Waals surface area contributed by atoms with Crippen molar-refractivity contribution < 1.29 is 9.53 Å². The molecular weight excluding hydrogens is 312 g/mol. The van der Waals surface area contributed by atoms with Crippen LogP contribution in [0.1, 0.15) is 11.5 Å². The predicted octanol–water partition coefficient (Wildman–Crippen LogP) is 2.44. The van der Waals surface area contributed by atoms with Crippen molar-refractivity contribution in [1.82, 2.24) is 4.90 Å². The van der Waals surface area contributed by atoms with Gasteiger partial charge in [0.2, 0.25) is 0 Å². The molecule has 5 heteroatoms. The summed E-state index contributed by atoms with van der Waals surface area (Å²) in [4.78, 5) is 14.1. The summed E-state index contributed by atoms with van der Waals surface area (Å²) in [5, 5.41) is 0. The summed E-state index contributed by atoms with van der Waals surface area (Å²) >= 11 is 0. The fourth-order valence-corrected chi connectivity index (χ4v) is 2.84. The van der Waals surface area contributed by atoms with Crippen LogP contribution in [0.15, 0.2) is 60.7 Å². The number of rotatable bonds is 4. The van der Waals surface area contributed by atoms with Gasteiger partial charge in [0.25, 0.3) is 5.91 Å². The van der Waals surface area contributed by atoms with Crippen molar-refractivity contribution in [3.05, 3.63) is 66.2 Å². The molecule has 1 aliphatic rings. The molecule has 0 bridgehead atoms. The molecule has 0 radical (unpaired) electrons. The molecule has 2 aromatic carbocycles. The number of nitrogens with two attached hydrogens (primary N) is 1. The third kappa shape index (κ3) is 4.24. The molecule has 0 saturated carbocycles. The lowest BCUT2D eigenvalue weighted by molar-refractivity contribution is -0.132. The summed E-state index contributed by atoms with van der Waals surface area (Å²) in [6, 6.07) is 19.5. The van der Waals surface area contributed by atoms with E-state index in [0.717, 1.165) is 0 Å². The normalized spacial score (nSPS) is 20.0. The van der Waals surface area contributed by atoms with Gasteiger partial charge in [-0.3, -0.25) is 4.79 Å². The molecule has 0 aliphatic carbocycles. The first-order valence-corrected chi connectivity index (χ1v) is 7.50. The van der Waals surface area contributed by atoms with Crippen molar-refractivity contribution >= 4 is 18.3 Å². The summed E-state index contributed by atoms with van der Waals surface area (Å²) in [6.45, 7) is 1.29. The largest absolute Gasteiger partial charge is 0.484 e. The zero-order chi connectivity index (χ0) is 15.4. The monoisotopic (exact) mass is 332 g/mol. The Bertz CT molecular complexity index is 621. The number of carbonyl (C=O) groups is 1. The molecule has 1 aliphatic heterocycles. The van der Waals surface area contributed by atoms with Crippen LogP contribution in [0.25, 0.3) is 0 Å². The van der Waals surface area contributed by atoms with Gasteiger partial charge in [0.05, 0.1) is 0 Å². The van der Waals surface area contributed by atoms with Crippen LogP contribution < -0.4 is 10.5 Å². The molecule has 0 unspecified atom stereocenters. The first-order valence-electron chi connectivity index (χ1n) is 7.50. The lowest BCUT2D eigenvalue weighted by Gasteiger charge is -2.17. The maximum Gasteiger partial charge on any atom is 0.260 e. The van der Waals surface area contributed by atoms with Gasteiger partial charge in [-0.05, 0) is 17.7 Å². The number of para-hydroxylation sites is 1. The molecular formula is C18H21ClN2O2. The van der Waals surface area contributed by atoms with E-state index in [1.54, 1.807) is 4.90 Å². The van der Waals surface area contributed by atoms with E-state index >= 15 is 0 Å². The Morgan fingerprint density at radius 1 is 1.04 bits per heavy atom. The van der Waals surface area contributed by atoms with Crippen molar-refractivity contribution in [2.45, 2.75) is 12.0 Å². The number of amides is 1. The van der Waals surface area contributed by atoms with Crippen molar-refractivity contribution in [3.63, 3.8) is 0 Å². The SMILES string of the molecule is Cl.N[C@@H]1CN(C(=O)COc2ccccc2)C[C@H]1c1ccccc1. The van der Waals surface area contributed by atoms with Crippen LogP contribution in [-0.4, -0.2) is 36.5 Å². The lowest BCUT2D eigenvalue weighted by Crippen LogP contribution is -2.35. The maximum atomic E-state index is 12.3. The third-order valence-electron chi connectivity index (χ3n) is 4.05. The Morgan fingerprint density at radius 3 is 2.30 bits per heavy atom. The number of benzene rings is 2. The molecule has 0 spiro atoms. The number of likely N-dealkylation sites (tertiary alicyclic amines) is 1. The highest BCUT2D eigenvalue weighted by Gasteiger charge is 2.33. The molecule has 1 fully saturated rings. The van der Waals surface area contributed by atoms with E-state index in [1.807, 2.05) is 48.5 Å². The van der Waals surface area contributed by atoms with Gasteiger partial charge < -0.3 is 15.4 Å². The van der Waals surface area contributed by atoms with Crippen molar-refractivity contribution in [2.24, 2.45) is 5.73 Å². The number of halogens is 1. The van der Waals surface area contributed by atoms with Crippen LogP contribution in [0, 0.1) is 0 Å². The van der Waals surface area contributed by atoms with E-state index in [4.69, 9.17) is 10.5 Å². The second-order valence-corrected chi connectivity index (χ2v) is 5.58. The number of carbonyl (C=O) groups excluding carboxylic acids is 1. The van der Waals surface area contributed by atoms with Crippen molar-refractivity contribution in [3.8, 4) is 5.75 Å². The summed E-state index contributed by atoms with van der Waals surface area (Å²) in [6.07, 6.45) is 0. The first-order chi connectivity index (χ1) is 10.7. The lowest BCUT2D eigenvalue weighted by atomic mass is 9.95. The molecule has 1 saturated heterocycles. The minimum Gasteiger partial charge on any atom is -0.484 e. The third-order valence-corrected chi connectivity index (χ3v) is 4.05. The molecule has 4 nitrogen and oxygen atoms in total. The smallest absolute Gasteiger partial charge is 0.260 e. The number of ether oxygens (including phenoxy) is 1. The van der Waals surface area contributed by atoms with Gasteiger partial charge in [-0.25, -0.2) is 0 Å². The van der Waals surface area contributed by atoms with E-state index in [2.05, 4.69) is 12.1 Å². The number of hydrogen-bond donors (Lipinski definition) is 1. The molecule has 1 heterocycles. The summed E-state index contributed by atoms with van der Waals surface area (Å²) in [7, 11) is 0. The van der Waals surface area contributed by atoms with E-state index < -0.39 is 0 Å². The topological polar surface area (TPSA) is 55.6 Å². The summed E-state index contributed by atoms with van der Waals surface area (Å²) in [5.41, 5.74) is 7.40. The van der Waals surface area contributed by atoms with Crippen LogP contribution >= 0.6 is 12.4 Å². The first kappa shape index (κ1) is 17.3. The van der Waals surface area contributed by atoms with Gasteiger partial charge in [0.1, 0.15) is 5.75 Å². The van der Waals surface area contributed by atoms with Crippen LogP contribution in [0.5, 0.6) is 5.75 Å². The van der Waals surface area contributed by atoms with Gasteiger partial charge in [-0.1, -0.05) is 48.5 Å². The fourth-order valence-electron chi connectivity index (χ4n) is 2.84. The number of hydrogen-bond acceptors (Lipinski definition) is 3. The molecule has 2 atom stereocenters. The standard InChI is InChI=1S/C18H20N2O2.ClH/c19-17-12-20(11-16(17)14-7-3-1-4-8-14)18(21)13-22-15-9-5-2-6-10-15;/h1-10,16-17H,11-13,19H2;1H/t16-,17+;/m0./s1. The van der Waals surface area contributed by atoms with E-state index in [0.29, 0.717) is 18.8 Å².